The maximum Gasteiger partial charge on any atom is 0.180 e. The summed E-state index contributed by atoms with van der Waals surface area (Å²) in [6.07, 6.45) is 3.15. The molecule has 0 atom stereocenters. The fraction of sp³-hybridized carbons (Fsp3) is 0.500. The van der Waals surface area contributed by atoms with Gasteiger partial charge in [-0.25, -0.2) is 4.98 Å². The third kappa shape index (κ3) is 2.10. The van der Waals surface area contributed by atoms with E-state index in [1.54, 1.807) is 6.26 Å². The fourth-order valence-corrected chi connectivity index (χ4v) is 1.07. The Kier molecular flexibility index (Phi) is 2.64. The number of thioether (sulfide) groups is 1. The second-order valence-corrected chi connectivity index (χ2v) is 2.89. The zero-order valence-electron chi connectivity index (χ0n) is 5.33. The molecule has 0 amide bonds. The van der Waals surface area contributed by atoms with Gasteiger partial charge in [-0.3, -0.25) is 0 Å². The smallest absolute Gasteiger partial charge is 0.180 e. The normalized spacial score (nSPS) is 9.89. The third-order valence-corrected chi connectivity index (χ3v) is 1.85. The largest absolute Gasteiger partial charge is 0.451 e. The lowest BCUT2D eigenvalue weighted by Gasteiger charge is -1.88. The fourth-order valence-electron chi connectivity index (χ4n) is 0.515. The number of rotatable bonds is 3. The molecule has 2 nitrogen and oxygen atoms in total. The summed E-state index contributed by atoms with van der Waals surface area (Å²) in [4.78, 5) is 3.97. The van der Waals surface area contributed by atoms with Gasteiger partial charge in [0.15, 0.2) is 6.39 Å². The van der Waals surface area contributed by atoms with Gasteiger partial charge in [-0.05, 0) is 5.75 Å². The van der Waals surface area contributed by atoms with Crippen molar-refractivity contribution < 1.29 is 4.42 Å². The van der Waals surface area contributed by atoms with Crippen molar-refractivity contribution in [3.63, 3.8) is 0 Å². The molecule has 0 N–H and O–H groups in total. The molecule has 0 saturated carbocycles. The second kappa shape index (κ2) is 3.56. The summed E-state index contributed by atoms with van der Waals surface area (Å²) in [5, 5.41) is 0. The number of aromatic nitrogens is 1. The monoisotopic (exact) mass is 143 g/mol. The van der Waals surface area contributed by atoms with Gasteiger partial charge in [0, 0.05) is 5.75 Å². The quantitative estimate of drug-likeness (QED) is 0.646. The molecule has 0 aromatic carbocycles. The Balaban J connectivity index is 2.30. The lowest BCUT2D eigenvalue weighted by Crippen LogP contribution is -1.77. The maximum atomic E-state index is 4.79. The number of nitrogens with zero attached hydrogens (tertiary/aromatic N) is 1. The number of oxazole rings is 1. The van der Waals surface area contributed by atoms with Crippen LogP contribution in [-0.4, -0.2) is 10.7 Å². The summed E-state index contributed by atoms with van der Waals surface area (Å²) < 4.78 is 4.79. The van der Waals surface area contributed by atoms with Crippen LogP contribution >= 0.6 is 11.8 Å². The molecule has 0 saturated heterocycles. The molecule has 1 heterocycles. The molecule has 1 aromatic rings. The van der Waals surface area contributed by atoms with Gasteiger partial charge in [0.1, 0.15) is 6.26 Å². The highest BCUT2D eigenvalue weighted by Crippen LogP contribution is 2.07. The summed E-state index contributed by atoms with van der Waals surface area (Å²) in [7, 11) is 0. The SMILES string of the molecule is CCSCc1cocn1. The van der Waals surface area contributed by atoms with E-state index in [1.807, 2.05) is 11.8 Å². The minimum Gasteiger partial charge on any atom is -0.451 e. The van der Waals surface area contributed by atoms with Crippen LogP contribution < -0.4 is 0 Å². The third-order valence-electron chi connectivity index (χ3n) is 0.938. The summed E-state index contributed by atoms with van der Waals surface area (Å²) >= 11 is 1.84. The Labute approximate surface area is 58.7 Å². The zero-order chi connectivity index (χ0) is 6.53. The highest BCUT2D eigenvalue weighted by molar-refractivity contribution is 7.98. The minimum atomic E-state index is 0.965. The first-order valence-electron chi connectivity index (χ1n) is 2.88. The van der Waals surface area contributed by atoms with Gasteiger partial charge in [-0.2, -0.15) is 11.8 Å². The summed E-state index contributed by atoms with van der Waals surface area (Å²) in [6, 6.07) is 0. The lowest BCUT2D eigenvalue weighted by atomic mass is 10.6. The highest BCUT2D eigenvalue weighted by Gasteiger charge is 1.92. The van der Waals surface area contributed by atoms with Crippen LogP contribution in [0.5, 0.6) is 0 Å². The molecule has 9 heavy (non-hydrogen) atoms. The van der Waals surface area contributed by atoms with Crippen LogP contribution in [0.1, 0.15) is 12.6 Å². The summed E-state index contributed by atoms with van der Waals surface area (Å²) in [5.41, 5.74) is 1.03. The van der Waals surface area contributed by atoms with Crippen LogP contribution in [0, 0.1) is 0 Å². The van der Waals surface area contributed by atoms with E-state index in [-0.39, 0.29) is 0 Å². The summed E-state index contributed by atoms with van der Waals surface area (Å²) in [6.45, 7) is 2.13. The van der Waals surface area contributed by atoms with Crippen molar-refractivity contribution >= 4 is 11.8 Å². The second-order valence-electron chi connectivity index (χ2n) is 1.62. The first-order valence-corrected chi connectivity index (χ1v) is 4.03. The first-order chi connectivity index (χ1) is 4.43. The molecular weight excluding hydrogens is 134 g/mol. The van der Waals surface area contributed by atoms with Gasteiger partial charge in [0.25, 0.3) is 0 Å². The lowest BCUT2D eigenvalue weighted by molar-refractivity contribution is 0.557. The Morgan fingerprint density at radius 1 is 1.78 bits per heavy atom. The van der Waals surface area contributed by atoms with Crippen LogP contribution in [0.15, 0.2) is 17.1 Å². The molecule has 0 radical (unpaired) electrons. The van der Waals surface area contributed by atoms with Crippen molar-refractivity contribution in [2.75, 3.05) is 5.75 Å². The van der Waals surface area contributed by atoms with E-state index in [0.717, 1.165) is 17.2 Å². The van der Waals surface area contributed by atoms with E-state index in [4.69, 9.17) is 4.42 Å². The van der Waals surface area contributed by atoms with Crippen LogP contribution in [-0.2, 0) is 5.75 Å². The number of hydrogen-bond acceptors (Lipinski definition) is 3. The van der Waals surface area contributed by atoms with Crippen molar-refractivity contribution in [3.05, 3.63) is 18.4 Å². The zero-order valence-corrected chi connectivity index (χ0v) is 6.15. The van der Waals surface area contributed by atoms with E-state index >= 15 is 0 Å². The summed E-state index contributed by atoms with van der Waals surface area (Å²) in [5.74, 6) is 2.10. The average Bonchev–Trinajstić information content (AvgIpc) is 2.34. The Morgan fingerprint density at radius 3 is 3.22 bits per heavy atom. The molecule has 1 rings (SSSR count). The standard InChI is InChI=1S/C6H9NOS/c1-2-9-4-6-3-8-5-7-6/h3,5H,2,4H2,1H3. The molecule has 0 aliphatic heterocycles. The molecule has 0 unspecified atom stereocenters. The molecule has 50 valence electrons. The van der Waals surface area contributed by atoms with Crippen molar-refractivity contribution in [2.24, 2.45) is 0 Å². The maximum absolute atomic E-state index is 4.79. The van der Waals surface area contributed by atoms with E-state index < -0.39 is 0 Å². The first kappa shape index (κ1) is 6.68. The predicted molar refractivity (Wildman–Crippen MR) is 38.3 cm³/mol. The van der Waals surface area contributed by atoms with Crippen LogP contribution in [0.25, 0.3) is 0 Å². The molecule has 0 aliphatic carbocycles. The molecule has 0 fully saturated rings. The Hall–Kier alpha value is -0.440. The van der Waals surface area contributed by atoms with E-state index in [1.165, 1.54) is 6.39 Å². The molecule has 0 aliphatic rings. The van der Waals surface area contributed by atoms with E-state index in [0.29, 0.717) is 0 Å². The van der Waals surface area contributed by atoms with Gasteiger partial charge in [-0.15, -0.1) is 0 Å². The van der Waals surface area contributed by atoms with Crippen LogP contribution in [0.3, 0.4) is 0 Å². The van der Waals surface area contributed by atoms with Gasteiger partial charge in [0.2, 0.25) is 0 Å². The van der Waals surface area contributed by atoms with Gasteiger partial charge in [0.05, 0.1) is 5.69 Å². The van der Waals surface area contributed by atoms with Gasteiger partial charge >= 0.3 is 0 Å². The Morgan fingerprint density at radius 2 is 2.67 bits per heavy atom. The van der Waals surface area contributed by atoms with E-state index in [2.05, 4.69) is 11.9 Å². The minimum absolute atomic E-state index is 0.965. The van der Waals surface area contributed by atoms with E-state index in [9.17, 15) is 0 Å². The number of hydrogen-bond donors (Lipinski definition) is 0. The van der Waals surface area contributed by atoms with Crippen molar-refractivity contribution in [1.82, 2.24) is 4.98 Å². The van der Waals surface area contributed by atoms with Gasteiger partial charge in [-0.1, -0.05) is 6.92 Å². The van der Waals surface area contributed by atoms with Crippen molar-refractivity contribution in [1.29, 1.82) is 0 Å². The molecule has 1 aromatic heterocycles. The van der Waals surface area contributed by atoms with Crippen molar-refractivity contribution in [3.8, 4) is 0 Å². The molecule has 3 heteroatoms. The molecule has 0 spiro atoms. The molecule has 0 bridgehead atoms. The Bertz CT molecular complexity index is 150. The van der Waals surface area contributed by atoms with Crippen LogP contribution in [0.4, 0.5) is 0 Å². The predicted octanol–water partition coefficient (Wildman–Crippen LogP) is 1.93. The highest BCUT2D eigenvalue weighted by atomic mass is 32.2. The average molecular weight is 143 g/mol. The van der Waals surface area contributed by atoms with Crippen LogP contribution in [0.2, 0.25) is 0 Å². The topological polar surface area (TPSA) is 26.0 Å². The molecular formula is C6H9NOS. The van der Waals surface area contributed by atoms with Gasteiger partial charge < -0.3 is 4.42 Å². The van der Waals surface area contributed by atoms with Crippen molar-refractivity contribution in [2.45, 2.75) is 12.7 Å².